The van der Waals surface area contributed by atoms with E-state index in [2.05, 4.69) is 27.7 Å². The molecule has 0 spiro atoms. The Bertz CT molecular complexity index is 209. The van der Waals surface area contributed by atoms with Crippen molar-refractivity contribution in [3.63, 3.8) is 0 Å². The lowest BCUT2D eigenvalue weighted by atomic mass is 9.70. The van der Waals surface area contributed by atoms with Crippen LogP contribution in [0.4, 0.5) is 0 Å². The molecule has 1 heteroatoms. The summed E-state index contributed by atoms with van der Waals surface area (Å²) in [7, 11) is 0. The van der Waals surface area contributed by atoms with E-state index in [-0.39, 0.29) is 11.5 Å². The minimum atomic E-state index is -0.0637. The van der Waals surface area contributed by atoms with Gasteiger partial charge in [0, 0.05) is 0 Å². The quantitative estimate of drug-likeness (QED) is 0.589. The summed E-state index contributed by atoms with van der Waals surface area (Å²) in [5.74, 6) is 1.26. The normalized spacial score (nSPS) is 56.2. The van der Waals surface area contributed by atoms with Crippen LogP contribution >= 0.6 is 0 Å². The lowest BCUT2D eigenvalue weighted by molar-refractivity contribution is -0.00626. The molecule has 12 heavy (non-hydrogen) atoms. The molecule has 0 aromatic heterocycles. The number of hydrogen-bond acceptors (Lipinski definition) is 1. The van der Waals surface area contributed by atoms with Crippen molar-refractivity contribution >= 4 is 0 Å². The van der Waals surface area contributed by atoms with Crippen molar-refractivity contribution in [2.45, 2.75) is 46.6 Å². The number of aliphatic hydroxyl groups excluding tert-OH is 1. The van der Waals surface area contributed by atoms with Crippen LogP contribution in [0.15, 0.2) is 0 Å². The first-order valence-electron chi connectivity index (χ1n) is 5.09. The van der Waals surface area contributed by atoms with E-state index in [1.165, 1.54) is 12.8 Å². The lowest BCUT2D eigenvalue weighted by Crippen LogP contribution is -2.36. The topological polar surface area (TPSA) is 20.2 Å². The Morgan fingerprint density at radius 2 is 1.83 bits per heavy atom. The summed E-state index contributed by atoms with van der Waals surface area (Å²) in [4.78, 5) is 0. The van der Waals surface area contributed by atoms with E-state index in [0.29, 0.717) is 11.3 Å². The van der Waals surface area contributed by atoms with Gasteiger partial charge in [0.2, 0.25) is 0 Å². The number of fused-ring (bicyclic) bond motifs is 2. The Kier molecular flexibility index (Phi) is 1.47. The Morgan fingerprint density at radius 1 is 1.25 bits per heavy atom. The summed E-state index contributed by atoms with van der Waals surface area (Å²) in [5.41, 5.74) is 0.545. The molecule has 2 rings (SSSR count). The Morgan fingerprint density at radius 3 is 2.08 bits per heavy atom. The predicted octanol–water partition coefficient (Wildman–Crippen LogP) is 2.44. The van der Waals surface area contributed by atoms with Crippen LogP contribution in [0.5, 0.6) is 0 Å². The van der Waals surface area contributed by atoms with E-state index in [1.807, 2.05) is 0 Å². The van der Waals surface area contributed by atoms with E-state index in [0.717, 1.165) is 5.92 Å². The van der Waals surface area contributed by atoms with Gasteiger partial charge in [-0.25, -0.2) is 0 Å². The number of rotatable bonds is 0. The van der Waals surface area contributed by atoms with Crippen LogP contribution in [0.3, 0.4) is 0 Å². The molecule has 0 heterocycles. The second-order valence-electron chi connectivity index (χ2n) is 5.59. The molecule has 2 aliphatic carbocycles. The van der Waals surface area contributed by atoms with Gasteiger partial charge in [-0.2, -0.15) is 0 Å². The van der Waals surface area contributed by atoms with E-state index in [1.54, 1.807) is 0 Å². The Hall–Kier alpha value is -0.0400. The molecule has 0 aromatic rings. The molecule has 0 amide bonds. The summed E-state index contributed by atoms with van der Waals surface area (Å²) in [6.07, 6.45) is 2.48. The fourth-order valence-electron chi connectivity index (χ4n) is 3.81. The highest BCUT2D eigenvalue weighted by atomic mass is 16.3. The van der Waals surface area contributed by atoms with Crippen molar-refractivity contribution < 1.29 is 5.11 Å². The van der Waals surface area contributed by atoms with Crippen molar-refractivity contribution in [1.29, 1.82) is 0 Å². The van der Waals surface area contributed by atoms with Gasteiger partial charge in [0.1, 0.15) is 0 Å². The maximum absolute atomic E-state index is 10.1. The number of aliphatic hydroxyl groups is 1. The van der Waals surface area contributed by atoms with Gasteiger partial charge >= 0.3 is 0 Å². The largest absolute Gasteiger partial charge is 0.392 e. The Labute approximate surface area is 75.2 Å². The zero-order chi connectivity index (χ0) is 9.15. The zero-order valence-corrected chi connectivity index (χ0v) is 8.59. The summed E-state index contributed by atoms with van der Waals surface area (Å²) < 4.78 is 0. The molecular formula is C11H20O. The average molecular weight is 168 g/mol. The van der Waals surface area contributed by atoms with Crippen LogP contribution < -0.4 is 0 Å². The third-order valence-corrected chi connectivity index (χ3v) is 5.16. The second kappa shape index (κ2) is 2.06. The molecule has 70 valence electrons. The second-order valence-corrected chi connectivity index (χ2v) is 5.59. The van der Waals surface area contributed by atoms with Gasteiger partial charge in [0.05, 0.1) is 6.10 Å². The first-order chi connectivity index (χ1) is 5.41. The van der Waals surface area contributed by atoms with E-state index in [4.69, 9.17) is 0 Å². The van der Waals surface area contributed by atoms with Crippen LogP contribution in [-0.2, 0) is 0 Å². The van der Waals surface area contributed by atoms with Crippen molar-refractivity contribution in [3.05, 3.63) is 0 Å². The fraction of sp³-hybridized carbons (Fsp3) is 1.00. The third-order valence-electron chi connectivity index (χ3n) is 5.16. The van der Waals surface area contributed by atoms with Crippen molar-refractivity contribution in [3.8, 4) is 0 Å². The van der Waals surface area contributed by atoms with E-state index < -0.39 is 0 Å². The van der Waals surface area contributed by atoms with E-state index in [9.17, 15) is 5.11 Å². The molecule has 2 fully saturated rings. The van der Waals surface area contributed by atoms with Crippen LogP contribution in [0.25, 0.3) is 0 Å². The molecule has 1 N–H and O–H groups in total. The molecular weight excluding hydrogens is 148 g/mol. The Balaban J connectivity index is 2.44. The first-order valence-corrected chi connectivity index (χ1v) is 5.09. The van der Waals surface area contributed by atoms with Crippen molar-refractivity contribution in [1.82, 2.24) is 0 Å². The van der Waals surface area contributed by atoms with E-state index >= 15 is 0 Å². The summed E-state index contributed by atoms with van der Waals surface area (Å²) in [6.45, 7) is 9.14. The highest BCUT2D eigenvalue weighted by Crippen LogP contribution is 2.67. The molecule has 2 bridgehead atoms. The third kappa shape index (κ3) is 0.654. The van der Waals surface area contributed by atoms with Crippen molar-refractivity contribution in [2.24, 2.45) is 22.7 Å². The highest BCUT2D eigenvalue weighted by Gasteiger charge is 2.64. The van der Waals surface area contributed by atoms with Crippen LogP contribution in [-0.4, -0.2) is 11.2 Å². The molecule has 0 aliphatic heterocycles. The minimum Gasteiger partial charge on any atom is -0.392 e. The monoisotopic (exact) mass is 168 g/mol. The minimum absolute atomic E-state index is 0.0637. The molecule has 0 unspecified atom stereocenters. The number of hydrogen-bond donors (Lipinski definition) is 1. The molecule has 2 saturated carbocycles. The molecule has 4 atom stereocenters. The van der Waals surface area contributed by atoms with Crippen molar-refractivity contribution in [2.75, 3.05) is 0 Å². The highest BCUT2D eigenvalue weighted by molar-refractivity contribution is 5.13. The van der Waals surface area contributed by atoms with Gasteiger partial charge < -0.3 is 5.11 Å². The van der Waals surface area contributed by atoms with Gasteiger partial charge in [-0.3, -0.25) is 0 Å². The average Bonchev–Trinajstić information content (AvgIpc) is 2.26. The molecule has 0 radical (unpaired) electrons. The summed E-state index contributed by atoms with van der Waals surface area (Å²) in [6, 6.07) is 0. The molecule has 0 aromatic carbocycles. The molecule has 1 nitrogen and oxygen atoms in total. The fourth-order valence-corrected chi connectivity index (χ4v) is 3.81. The molecule has 0 saturated heterocycles. The maximum atomic E-state index is 10.1. The van der Waals surface area contributed by atoms with Gasteiger partial charge in [-0.15, -0.1) is 0 Å². The maximum Gasteiger partial charge on any atom is 0.0627 e. The SMILES string of the molecule is C[C@@H]1[C@H]2CC[C@@](C)([C@H]1O)C2(C)C. The van der Waals surface area contributed by atoms with Crippen LogP contribution in [0.2, 0.25) is 0 Å². The summed E-state index contributed by atoms with van der Waals surface area (Å²) >= 11 is 0. The standard InChI is InChI=1S/C11H20O/c1-7-8-5-6-11(4,9(7)12)10(8,2)3/h7-9,12H,5-6H2,1-4H3/t7-,8-,9+,11+/m1/s1. The smallest absolute Gasteiger partial charge is 0.0627 e. The first kappa shape index (κ1) is 8.55. The summed E-state index contributed by atoms with van der Waals surface area (Å²) in [5, 5.41) is 10.1. The van der Waals surface area contributed by atoms with Gasteiger partial charge in [-0.1, -0.05) is 27.7 Å². The predicted molar refractivity (Wildman–Crippen MR) is 49.8 cm³/mol. The zero-order valence-electron chi connectivity index (χ0n) is 8.59. The molecule has 2 aliphatic rings. The van der Waals surface area contributed by atoms with Crippen LogP contribution in [0, 0.1) is 22.7 Å². The van der Waals surface area contributed by atoms with Crippen LogP contribution in [0.1, 0.15) is 40.5 Å². The van der Waals surface area contributed by atoms with Gasteiger partial charge in [0.25, 0.3) is 0 Å². The lowest BCUT2D eigenvalue weighted by Gasteiger charge is -2.37. The van der Waals surface area contributed by atoms with Gasteiger partial charge in [0.15, 0.2) is 0 Å². The van der Waals surface area contributed by atoms with Gasteiger partial charge in [-0.05, 0) is 35.5 Å².